The normalized spacial score (nSPS) is 19.5. The van der Waals surface area contributed by atoms with E-state index in [2.05, 4.69) is 16.9 Å². The molecule has 2 aromatic rings. The number of anilines is 2. The van der Waals surface area contributed by atoms with Gasteiger partial charge in [0.25, 0.3) is 5.95 Å². The van der Waals surface area contributed by atoms with Crippen molar-refractivity contribution in [2.45, 2.75) is 52.3 Å². The van der Waals surface area contributed by atoms with E-state index in [1.165, 1.54) is 0 Å². The van der Waals surface area contributed by atoms with E-state index in [4.69, 9.17) is 25.2 Å². The predicted octanol–water partition coefficient (Wildman–Crippen LogP) is 1.76. The molecule has 0 aromatic carbocycles. The number of nitrogen functional groups attached to an aromatic ring is 1. The third kappa shape index (κ3) is 4.18. The highest BCUT2D eigenvalue weighted by molar-refractivity contribution is 5.69. The zero-order chi connectivity index (χ0) is 21.5. The van der Waals surface area contributed by atoms with Gasteiger partial charge in [-0.15, -0.1) is 0 Å². The molecule has 1 amide bonds. The molecular weight excluding hydrogens is 386 g/mol. The van der Waals surface area contributed by atoms with E-state index in [9.17, 15) is 4.79 Å². The van der Waals surface area contributed by atoms with E-state index in [-0.39, 0.29) is 12.1 Å². The predicted molar refractivity (Wildman–Crippen MR) is 112 cm³/mol. The van der Waals surface area contributed by atoms with Crippen LogP contribution >= 0.6 is 0 Å². The summed E-state index contributed by atoms with van der Waals surface area (Å²) in [5.74, 6) is 1.31. The Morgan fingerprint density at radius 1 is 1.30 bits per heavy atom. The maximum absolute atomic E-state index is 12.6. The average Bonchev–Trinajstić information content (AvgIpc) is 3.12. The molecule has 4 rings (SSSR count). The number of morpholine rings is 1. The van der Waals surface area contributed by atoms with Crippen molar-refractivity contribution in [2.75, 3.05) is 36.9 Å². The minimum Gasteiger partial charge on any atom is -0.444 e. The molecule has 4 heterocycles. The van der Waals surface area contributed by atoms with Crippen LogP contribution in [0.25, 0.3) is 5.95 Å². The molecule has 1 fully saturated rings. The number of carbonyl (C=O) groups excluding carboxylic acids is 1. The van der Waals surface area contributed by atoms with Crippen LogP contribution in [-0.4, -0.2) is 68.7 Å². The summed E-state index contributed by atoms with van der Waals surface area (Å²) in [5.41, 5.74) is 7.70. The monoisotopic (exact) mass is 415 g/mol. The molecule has 2 N–H and O–H groups in total. The van der Waals surface area contributed by atoms with Gasteiger partial charge in [-0.05, 0) is 34.1 Å². The second kappa shape index (κ2) is 7.75. The quantitative estimate of drug-likeness (QED) is 0.790. The van der Waals surface area contributed by atoms with Gasteiger partial charge in [0.05, 0.1) is 49.6 Å². The number of hydrogen-bond donors (Lipinski definition) is 1. The van der Waals surface area contributed by atoms with Crippen LogP contribution in [-0.2, 0) is 22.4 Å². The molecule has 0 spiro atoms. The summed E-state index contributed by atoms with van der Waals surface area (Å²) in [6, 6.07) is 0.192. The summed E-state index contributed by atoms with van der Waals surface area (Å²) in [4.78, 5) is 26.1. The molecule has 2 aliphatic heterocycles. The minimum atomic E-state index is -0.546. The van der Waals surface area contributed by atoms with Gasteiger partial charge in [0.1, 0.15) is 11.4 Å². The van der Waals surface area contributed by atoms with E-state index in [1.54, 1.807) is 22.0 Å². The second-order valence-electron chi connectivity index (χ2n) is 8.76. The van der Waals surface area contributed by atoms with Crippen LogP contribution in [0.15, 0.2) is 12.4 Å². The Labute approximate surface area is 176 Å². The first-order valence-electron chi connectivity index (χ1n) is 10.2. The fourth-order valence-electron chi connectivity index (χ4n) is 3.71. The first kappa shape index (κ1) is 20.4. The van der Waals surface area contributed by atoms with Gasteiger partial charge in [-0.1, -0.05) is 0 Å². The van der Waals surface area contributed by atoms with Gasteiger partial charge >= 0.3 is 6.09 Å². The number of nitrogens with zero attached hydrogens (tertiary/aromatic N) is 6. The first-order chi connectivity index (χ1) is 14.2. The van der Waals surface area contributed by atoms with Crippen molar-refractivity contribution in [3.05, 3.63) is 23.7 Å². The number of aromatic nitrogens is 4. The Morgan fingerprint density at radius 2 is 2.10 bits per heavy atom. The Morgan fingerprint density at radius 3 is 2.77 bits per heavy atom. The first-order valence-corrected chi connectivity index (χ1v) is 10.2. The van der Waals surface area contributed by atoms with Gasteiger partial charge in [-0.25, -0.2) is 14.5 Å². The van der Waals surface area contributed by atoms with E-state index in [0.717, 1.165) is 23.6 Å². The van der Waals surface area contributed by atoms with E-state index in [0.29, 0.717) is 44.4 Å². The van der Waals surface area contributed by atoms with Crippen molar-refractivity contribution in [1.82, 2.24) is 24.6 Å². The zero-order valence-electron chi connectivity index (χ0n) is 18.0. The molecule has 30 heavy (non-hydrogen) atoms. The van der Waals surface area contributed by atoms with Crippen molar-refractivity contribution in [3.8, 4) is 5.95 Å². The van der Waals surface area contributed by atoms with Crippen LogP contribution in [0.2, 0.25) is 0 Å². The third-order valence-electron chi connectivity index (χ3n) is 5.13. The van der Waals surface area contributed by atoms with Gasteiger partial charge in [0.15, 0.2) is 0 Å². The lowest BCUT2D eigenvalue weighted by molar-refractivity contribution is 0.0220. The second-order valence-corrected chi connectivity index (χ2v) is 8.76. The average molecular weight is 415 g/mol. The van der Waals surface area contributed by atoms with E-state index < -0.39 is 5.60 Å². The Hall–Kier alpha value is -2.88. The smallest absolute Gasteiger partial charge is 0.410 e. The fraction of sp³-hybridized carbons (Fsp3) is 0.600. The molecule has 0 radical (unpaired) electrons. The lowest BCUT2D eigenvalue weighted by Crippen LogP contribution is -2.46. The molecule has 1 saturated heterocycles. The van der Waals surface area contributed by atoms with Gasteiger partial charge in [0, 0.05) is 18.7 Å². The highest BCUT2D eigenvalue weighted by Gasteiger charge is 2.32. The molecular formula is C20H29N7O3. The highest BCUT2D eigenvalue weighted by atomic mass is 16.6. The van der Waals surface area contributed by atoms with Crippen molar-refractivity contribution < 1.29 is 14.3 Å². The van der Waals surface area contributed by atoms with Crippen molar-refractivity contribution in [3.63, 3.8) is 0 Å². The lowest BCUT2D eigenvalue weighted by atomic mass is 10.0. The molecule has 162 valence electrons. The minimum absolute atomic E-state index is 0.192. The van der Waals surface area contributed by atoms with Crippen LogP contribution in [0.3, 0.4) is 0 Å². The molecule has 0 unspecified atom stereocenters. The van der Waals surface area contributed by atoms with Gasteiger partial charge in [0.2, 0.25) is 0 Å². The van der Waals surface area contributed by atoms with Crippen LogP contribution in [0.5, 0.6) is 0 Å². The van der Waals surface area contributed by atoms with E-state index in [1.807, 2.05) is 20.8 Å². The van der Waals surface area contributed by atoms with E-state index >= 15 is 0 Å². The molecule has 1 atom stereocenters. The summed E-state index contributed by atoms with van der Waals surface area (Å²) in [7, 11) is 0. The lowest BCUT2D eigenvalue weighted by Gasteiger charge is -2.37. The number of nitrogens with two attached hydrogens (primary N) is 1. The molecule has 0 aliphatic carbocycles. The van der Waals surface area contributed by atoms with Crippen molar-refractivity contribution >= 4 is 17.6 Å². The summed E-state index contributed by atoms with van der Waals surface area (Å²) >= 11 is 0. The SMILES string of the molecule is C[C@H]1COCCN1c1nc(-n2cc(N)cn2)nc2c1CCN(C(=O)OC(C)(C)C)C2. The van der Waals surface area contributed by atoms with Crippen molar-refractivity contribution in [1.29, 1.82) is 0 Å². The zero-order valence-corrected chi connectivity index (χ0v) is 18.0. The summed E-state index contributed by atoms with van der Waals surface area (Å²) in [6.45, 7) is 10.7. The Bertz CT molecular complexity index is 937. The third-order valence-corrected chi connectivity index (χ3v) is 5.13. The number of carbonyl (C=O) groups is 1. The molecule has 10 heteroatoms. The molecule has 2 aromatic heterocycles. The number of fused-ring (bicyclic) bond motifs is 1. The topological polar surface area (TPSA) is 112 Å². The fourth-order valence-corrected chi connectivity index (χ4v) is 3.71. The molecule has 0 bridgehead atoms. The Kier molecular flexibility index (Phi) is 5.27. The largest absolute Gasteiger partial charge is 0.444 e. The molecule has 2 aliphatic rings. The number of ether oxygens (including phenoxy) is 2. The Balaban J connectivity index is 1.72. The standard InChI is InChI=1S/C20H29N7O3/c1-13-12-29-8-7-26(13)17-15-5-6-25(19(28)30-20(2,3)4)11-16(15)23-18(24-17)27-10-14(21)9-22-27/h9-10,13H,5-8,11-12,21H2,1-4H3/t13-/m0/s1. The molecule has 0 saturated carbocycles. The van der Waals surface area contributed by atoms with Crippen LogP contribution < -0.4 is 10.6 Å². The maximum atomic E-state index is 12.6. The highest BCUT2D eigenvalue weighted by Crippen LogP contribution is 2.30. The van der Waals surface area contributed by atoms with Gasteiger partial charge in [-0.2, -0.15) is 10.1 Å². The molecule has 10 nitrogen and oxygen atoms in total. The van der Waals surface area contributed by atoms with Crippen LogP contribution in [0.4, 0.5) is 16.3 Å². The van der Waals surface area contributed by atoms with Crippen LogP contribution in [0, 0.1) is 0 Å². The number of amides is 1. The summed E-state index contributed by atoms with van der Waals surface area (Å²) < 4.78 is 12.7. The number of rotatable bonds is 2. The van der Waals surface area contributed by atoms with Gasteiger partial charge < -0.3 is 25.0 Å². The van der Waals surface area contributed by atoms with Gasteiger partial charge in [-0.3, -0.25) is 0 Å². The summed E-state index contributed by atoms with van der Waals surface area (Å²) in [6.07, 6.45) is 3.57. The maximum Gasteiger partial charge on any atom is 0.410 e. The van der Waals surface area contributed by atoms with Crippen molar-refractivity contribution in [2.24, 2.45) is 0 Å². The summed E-state index contributed by atoms with van der Waals surface area (Å²) in [5, 5.41) is 4.26. The van der Waals surface area contributed by atoms with Crippen LogP contribution in [0.1, 0.15) is 39.0 Å². The number of hydrogen-bond acceptors (Lipinski definition) is 8.